The third kappa shape index (κ3) is 5.70. The van der Waals surface area contributed by atoms with Crippen molar-refractivity contribution in [1.82, 2.24) is 19.8 Å². The van der Waals surface area contributed by atoms with Crippen molar-refractivity contribution in [3.63, 3.8) is 0 Å². The van der Waals surface area contributed by atoms with E-state index in [0.29, 0.717) is 12.2 Å². The first kappa shape index (κ1) is 24.3. The molecule has 0 radical (unpaired) electrons. The molecule has 1 atom stereocenters. The van der Waals surface area contributed by atoms with Crippen molar-refractivity contribution in [2.24, 2.45) is 5.41 Å². The van der Waals surface area contributed by atoms with Gasteiger partial charge in [-0.15, -0.1) is 0 Å². The van der Waals surface area contributed by atoms with Gasteiger partial charge in [0.05, 0.1) is 23.1 Å². The van der Waals surface area contributed by atoms with Crippen LogP contribution in [0.25, 0.3) is 5.57 Å². The van der Waals surface area contributed by atoms with Gasteiger partial charge in [0, 0.05) is 26.1 Å². The molecule has 0 saturated carbocycles. The molecule has 3 rings (SSSR count). The van der Waals surface area contributed by atoms with Crippen LogP contribution in [0.2, 0.25) is 0 Å². The molecule has 1 aromatic carbocycles. The minimum Gasteiger partial charge on any atom is -0.347 e. The Balaban J connectivity index is 1.73. The van der Waals surface area contributed by atoms with Crippen LogP contribution in [0.15, 0.2) is 54.9 Å². The zero-order valence-electron chi connectivity index (χ0n) is 19.1. The Morgan fingerprint density at radius 3 is 2.41 bits per heavy atom. The number of nitrogens with one attached hydrogen (secondary N) is 1. The first-order chi connectivity index (χ1) is 15.3. The van der Waals surface area contributed by atoms with E-state index in [-0.39, 0.29) is 12.8 Å². The third-order valence-corrected chi connectivity index (χ3v) is 6.35. The number of nitrogens with zero attached hydrogens (tertiary/aromatic N) is 3. The van der Waals surface area contributed by atoms with Crippen molar-refractivity contribution >= 4 is 5.57 Å². The number of H-pyrrole nitrogens is 1. The largest absolute Gasteiger partial charge is 0.398 e. The predicted octanol–water partition coefficient (Wildman–Crippen LogP) is 5.32. The molecule has 0 fully saturated rings. The summed E-state index contributed by atoms with van der Waals surface area (Å²) in [6, 6.07) is 9.51. The van der Waals surface area contributed by atoms with Crippen LogP contribution in [-0.4, -0.2) is 59.2 Å². The Morgan fingerprint density at radius 1 is 1.09 bits per heavy atom. The van der Waals surface area contributed by atoms with E-state index in [0.717, 1.165) is 43.0 Å². The standard InChI is InChI=1S/C25H33F3N4/c1-4-32(5-2)16-15-31(3)18-23-22(29-19-30-23)17-24(25(26,27)28)13-11-21(12-14-24)20-9-7-6-8-10-20/h6-13,19H,4-5,14-18H2,1-3H3,(H,29,30). The first-order valence-corrected chi connectivity index (χ1v) is 11.2. The highest BCUT2D eigenvalue weighted by atomic mass is 19.4. The predicted molar refractivity (Wildman–Crippen MR) is 123 cm³/mol. The number of hydrogen-bond acceptors (Lipinski definition) is 3. The van der Waals surface area contributed by atoms with Crippen molar-refractivity contribution in [2.45, 2.75) is 39.4 Å². The number of alkyl halides is 3. The van der Waals surface area contributed by atoms with E-state index in [9.17, 15) is 13.2 Å². The Kier molecular flexibility index (Phi) is 7.96. The van der Waals surface area contributed by atoms with Crippen LogP contribution in [0.5, 0.6) is 0 Å². The highest BCUT2D eigenvalue weighted by Crippen LogP contribution is 2.48. The van der Waals surface area contributed by atoms with Gasteiger partial charge in [-0.25, -0.2) is 4.98 Å². The molecular formula is C25H33F3N4. The molecule has 0 spiro atoms. The second-order valence-electron chi connectivity index (χ2n) is 8.49. The van der Waals surface area contributed by atoms with Crippen molar-refractivity contribution in [2.75, 3.05) is 33.2 Å². The summed E-state index contributed by atoms with van der Waals surface area (Å²) in [5.41, 5.74) is 1.04. The maximum absolute atomic E-state index is 14.3. The second kappa shape index (κ2) is 10.5. The monoisotopic (exact) mass is 446 g/mol. The number of imidazole rings is 1. The quantitative estimate of drug-likeness (QED) is 0.537. The smallest absolute Gasteiger partial charge is 0.347 e. The average molecular weight is 447 g/mol. The Morgan fingerprint density at radius 2 is 1.81 bits per heavy atom. The second-order valence-corrected chi connectivity index (χ2v) is 8.49. The highest BCUT2D eigenvalue weighted by molar-refractivity contribution is 5.75. The summed E-state index contributed by atoms with van der Waals surface area (Å²) < 4.78 is 42.8. The van der Waals surface area contributed by atoms with Crippen molar-refractivity contribution in [3.05, 3.63) is 71.8 Å². The SMILES string of the molecule is CCN(CC)CCN(C)Cc1[nH]cnc1CC1(C(F)(F)F)C=CC(c2ccccc2)=CC1. The molecule has 1 heterocycles. The fourth-order valence-corrected chi connectivity index (χ4v) is 4.10. The van der Waals surface area contributed by atoms with Crippen LogP contribution >= 0.6 is 0 Å². The number of aromatic nitrogens is 2. The van der Waals surface area contributed by atoms with Crippen molar-refractivity contribution in [3.8, 4) is 0 Å². The van der Waals surface area contributed by atoms with E-state index < -0.39 is 11.6 Å². The molecule has 0 amide bonds. The van der Waals surface area contributed by atoms with Crippen LogP contribution in [0.1, 0.15) is 37.2 Å². The number of rotatable bonds is 10. The van der Waals surface area contributed by atoms with E-state index in [1.807, 2.05) is 37.4 Å². The summed E-state index contributed by atoms with van der Waals surface area (Å²) >= 11 is 0. The molecule has 1 aromatic heterocycles. The molecule has 174 valence electrons. The molecular weight excluding hydrogens is 413 g/mol. The number of halogens is 3. The van der Waals surface area contributed by atoms with E-state index in [2.05, 4.69) is 33.6 Å². The van der Waals surface area contributed by atoms with E-state index >= 15 is 0 Å². The maximum Gasteiger partial charge on any atom is 0.398 e. The van der Waals surface area contributed by atoms with Gasteiger partial charge in [0.25, 0.3) is 0 Å². The number of allylic oxidation sites excluding steroid dienone is 4. The van der Waals surface area contributed by atoms with E-state index in [1.165, 1.54) is 12.4 Å². The van der Waals surface area contributed by atoms with Gasteiger partial charge in [-0.05, 0) is 37.7 Å². The number of benzene rings is 1. The van der Waals surface area contributed by atoms with Crippen LogP contribution in [0.4, 0.5) is 13.2 Å². The first-order valence-electron chi connectivity index (χ1n) is 11.2. The number of hydrogen-bond donors (Lipinski definition) is 1. The van der Waals surface area contributed by atoms with Gasteiger partial charge in [0.15, 0.2) is 0 Å². The molecule has 32 heavy (non-hydrogen) atoms. The lowest BCUT2D eigenvalue weighted by atomic mass is 9.74. The lowest BCUT2D eigenvalue weighted by molar-refractivity contribution is -0.205. The molecule has 1 aliphatic carbocycles. The van der Waals surface area contributed by atoms with Crippen molar-refractivity contribution < 1.29 is 13.2 Å². The van der Waals surface area contributed by atoms with Gasteiger partial charge in [-0.2, -0.15) is 13.2 Å². The van der Waals surface area contributed by atoms with Gasteiger partial charge in [-0.1, -0.05) is 62.4 Å². The summed E-state index contributed by atoms with van der Waals surface area (Å²) in [5, 5.41) is 0. The zero-order chi connectivity index (χ0) is 23.2. The van der Waals surface area contributed by atoms with Gasteiger partial charge >= 0.3 is 6.18 Å². The Hall–Kier alpha value is -2.38. The van der Waals surface area contributed by atoms with Crippen LogP contribution in [-0.2, 0) is 13.0 Å². The van der Waals surface area contributed by atoms with Gasteiger partial charge in [0.2, 0.25) is 0 Å². The van der Waals surface area contributed by atoms with Gasteiger partial charge in [-0.3, -0.25) is 4.90 Å². The minimum atomic E-state index is -4.37. The van der Waals surface area contributed by atoms with E-state index in [4.69, 9.17) is 0 Å². The lowest BCUT2D eigenvalue weighted by Crippen LogP contribution is -2.39. The molecule has 1 unspecified atom stereocenters. The van der Waals surface area contributed by atoms with Crippen LogP contribution in [0, 0.1) is 5.41 Å². The molecule has 1 N–H and O–H groups in total. The van der Waals surface area contributed by atoms with Gasteiger partial charge < -0.3 is 9.88 Å². The Bertz CT molecular complexity index is 913. The zero-order valence-corrected chi connectivity index (χ0v) is 19.1. The van der Waals surface area contributed by atoms with Crippen molar-refractivity contribution in [1.29, 1.82) is 0 Å². The third-order valence-electron chi connectivity index (χ3n) is 6.35. The maximum atomic E-state index is 14.3. The molecule has 1 aliphatic rings. The minimum absolute atomic E-state index is 0.0959. The fourth-order valence-electron chi connectivity index (χ4n) is 4.10. The summed E-state index contributed by atoms with van der Waals surface area (Å²) in [4.78, 5) is 11.8. The van der Waals surface area contributed by atoms with Crippen LogP contribution in [0.3, 0.4) is 0 Å². The summed E-state index contributed by atoms with van der Waals surface area (Å²) in [7, 11) is 1.99. The lowest BCUT2D eigenvalue weighted by Gasteiger charge is -2.34. The molecule has 0 bridgehead atoms. The molecule has 7 heteroatoms. The van der Waals surface area contributed by atoms with Gasteiger partial charge in [0.1, 0.15) is 0 Å². The van der Waals surface area contributed by atoms with E-state index in [1.54, 1.807) is 12.2 Å². The molecule has 0 saturated heterocycles. The normalized spacial score (nSPS) is 19.1. The number of likely N-dealkylation sites (N-methyl/N-ethyl adjacent to an activating group) is 2. The summed E-state index contributed by atoms with van der Waals surface area (Å²) in [6.45, 7) is 8.53. The molecule has 4 nitrogen and oxygen atoms in total. The van der Waals surface area contributed by atoms with Crippen LogP contribution < -0.4 is 0 Å². The Labute approximate surface area is 188 Å². The molecule has 2 aromatic rings. The molecule has 0 aliphatic heterocycles. The highest BCUT2D eigenvalue weighted by Gasteiger charge is 2.53. The summed E-state index contributed by atoms with van der Waals surface area (Å²) in [5.74, 6) is 0. The summed E-state index contributed by atoms with van der Waals surface area (Å²) in [6.07, 6.45) is 1.51. The fraction of sp³-hybridized carbons (Fsp3) is 0.480. The topological polar surface area (TPSA) is 35.2 Å². The number of aromatic amines is 1. The average Bonchev–Trinajstić information content (AvgIpc) is 3.21.